The Bertz CT molecular complexity index is 1230. The zero-order chi connectivity index (χ0) is 27.8. The van der Waals surface area contributed by atoms with Gasteiger partial charge in [-0.2, -0.15) is 0 Å². The van der Waals surface area contributed by atoms with Crippen LogP contribution < -0.4 is 9.47 Å². The lowest BCUT2D eigenvalue weighted by Gasteiger charge is -2.32. The van der Waals surface area contributed by atoms with Crippen LogP contribution in [0, 0.1) is 23.4 Å². The van der Waals surface area contributed by atoms with Gasteiger partial charge in [0.25, 0.3) is 0 Å². The Kier molecular flexibility index (Phi) is 10.1. The molecule has 3 aromatic rings. The van der Waals surface area contributed by atoms with Crippen LogP contribution in [-0.2, 0) is 6.61 Å². The summed E-state index contributed by atoms with van der Waals surface area (Å²) in [5.74, 6) is -1.17. The smallest absolute Gasteiger partial charge is 0.166 e. The maximum Gasteiger partial charge on any atom is 0.166 e. The monoisotopic (exact) mass is 538 g/mol. The molecule has 1 fully saturated rings. The van der Waals surface area contributed by atoms with E-state index in [4.69, 9.17) is 9.47 Å². The number of ether oxygens (including phenoxy) is 2. The second-order valence-corrected chi connectivity index (χ2v) is 10.3. The fourth-order valence-corrected chi connectivity index (χ4v) is 5.35. The molecule has 1 aliphatic carbocycles. The van der Waals surface area contributed by atoms with Crippen molar-refractivity contribution >= 4 is 0 Å². The summed E-state index contributed by atoms with van der Waals surface area (Å²) in [7, 11) is 0. The van der Waals surface area contributed by atoms with Crippen LogP contribution in [0.5, 0.6) is 11.5 Å². The van der Waals surface area contributed by atoms with E-state index in [-0.39, 0.29) is 35.9 Å². The van der Waals surface area contributed by atoms with E-state index in [2.05, 4.69) is 13.5 Å². The Morgan fingerprint density at radius 3 is 2.36 bits per heavy atom. The van der Waals surface area contributed by atoms with Gasteiger partial charge in [-0.05, 0) is 91.3 Å². The maximum atomic E-state index is 15.2. The molecule has 1 unspecified atom stereocenters. The first kappa shape index (κ1) is 28.8. The van der Waals surface area contributed by atoms with Gasteiger partial charge in [0.15, 0.2) is 23.2 Å². The molecule has 208 valence electrons. The summed E-state index contributed by atoms with van der Waals surface area (Å²) in [6, 6.07) is 14.8. The molecule has 0 radical (unpaired) electrons. The first-order valence-electron chi connectivity index (χ1n) is 13.8. The molecule has 0 saturated heterocycles. The minimum atomic E-state index is -0.847. The second kappa shape index (κ2) is 13.7. The fraction of sp³-hybridized carbons (Fsp3) is 0.394. The topological polar surface area (TPSA) is 38.7 Å². The molecule has 0 heterocycles. The Hall–Kier alpha value is -3.25. The Morgan fingerprint density at radius 2 is 1.69 bits per heavy atom. The van der Waals surface area contributed by atoms with Crippen LogP contribution in [0.25, 0.3) is 11.1 Å². The van der Waals surface area contributed by atoms with Crippen LogP contribution in [0.4, 0.5) is 13.2 Å². The van der Waals surface area contributed by atoms with E-state index in [1.807, 2.05) is 0 Å². The second-order valence-electron chi connectivity index (χ2n) is 10.3. The number of benzene rings is 3. The van der Waals surface area contributed by atoms with Gasteiger partial charge in [0.1, 0.15) is 12.4 Å². The highest BCUT2D eigenvalue weighted by Gasteiger charge is 2.29. The van der Waals surface area contributed by atoms with Gasteiger partial charge in [0, 0.05) is 5.56 Å². The minimum absolute atomic E-state index is 0.0352. The maximum absolute atomic E-state index is 15.2. The molecule has 3 aromatic carbocycles. The molecule has 3 nitrogen and oxygen atoms in total. The predicted molar refractivity (Wildman–Crippen MR) is 148 cm³/mol. The molecular weight excluding hydrogens is 501 g/mol. The number of hydrogen-bond acceptors (Lipinski definition) is 3. The van der Waals surface area contributed by atoms with Crippen LogP contribution in [0.2, 0.25) is 0 Å². The molecule has 0 bridgehead atoms. The van der Waals surface area contributed by atoms with Crippen molar-refractivity contribution in [3.05, 3.63) is 95.8 Å². The van der Waals surface area contributed by atoms with Crippen LogP contribution in [0.1, 0.15) is 68.9 Å². The fourth-order valence-electron chi connectivity index (χ4n) is 5.35. The number of aliphatic hydroxyl groups excluding tert-OH is 1. The van der Waals surface area contributed by atoms with Crippen LogP contribution in [0.15, 0.2) is 67.3 Å². The molecule has 0 aliphatic heterocycles. The summed E-state index contributed by atoms with van der Waals surface area (Å²) >= 11 is 0. The highest BCUT2D eigenvalue weighted by molar-refractivity contribution is 5.65. The molecule has 0 spiro atoms. The largest absolute Gasteiger partial charge is 0.490 e. The van der Waals surface area contributed by atoms with Crippen molar-refractivity contribution in [2.24, 2.45) is 5.92 Å². The summed E-state index contributed by atoms with van der Waals surface area (Å²) in [6.07, 6.45) is 6.92. The van der Waals surface area contributed by atoms with E-state index >= 15 is 8.78 Å². The van der Waals surface area contributed by atoms with Crippen LogP contribution in [-0.4, -0.2) is 17.8 Å². The van der Waals surface area contributed by atoms with Gasteiger partial charge in [-0.1, -0.05) is 49.8 Å². The van der Waals surface area contributed by atoms with Crippen LogP contribution >= 0.6 is 0 Å². The predicted octanol–water partition coefficient (Wildman–Crippen LogP) is 8.74. The lowest BCUT2D eigenvalue weighted by Crippen LogP contribution is -2.25. The van der Waals surface area contributed by atoms with Crippen molar-refractivity contribution in [2.75, 3.05) is 6.61 Å². The zero-order valence-corrected chi connectivity index (χ0v) is 22.5. The van der Waals surface area contributed by atoms with E-state index in [1.54, 1.807) is 54.6 Å². The van der Waals surface area contributed by atoms with Gasteiger partial charge in [0.2, 0.25) is 0 Å². The van der Waals surface area contributed by atoms with E-state index in [0.717, 1.165) is 38.5 Å². The number of halogens is 3. The molecule has 1 N–H and O–H groups in total. The van der Waals surface area contributed by atoms with E-state index in [1.165, 1.54) is 6.07 Å². The van der Waals surface area contributed by atoms with Gasteiger partial charge >= 0.3 is 0 Å². The third-order valence-electron chi connectivity index (χ3n) is 7.60. The Morgan fingerprint density at radius 1 is 0.949 bits per heavy atom. The summed E-state index contributed by atoms with van der Waals surface area (Å²) in [4.78, 5) is 0. The Labute approximate surface area is 229 Å². The first-order chi connectivity index (χ1) is 18.9. The van der Waals surface area contributed by atoms with Crippen molar-refractivity contribution in [3.8, 4) is 22.6 Å². The van der Waals surface area contributed by atoms with Crippen molar-refractivity contribution in [1.82, 2.24) is 0 Å². The average Bonchev–Trinajstić information content (AvgIpc) is 2.95. The molecular formula is C33H37F3O3. The quantitative estimate of drug-likeness (QED) is 0.185. The normalized spacial score (nSPS) is 18.0. The number of hydrogen-bond donors (Lipinski definition) is 1. The summed E-state index contributed by atoms with van der Waals surface area (Å²) < 4.78 is 55.7. The zero-order valence-electron chi connectivity index (χ0n) is 22.5. The van der Waals surface area contributed by atoms with Gasteiger partial charge in [-0.15, -0.1) is 6.58 Å². The van der Waals surface area contributed by atoms with Crippen molar-refractivity contribution in [1.29, 1.82) is 0 Å². The first-order valence-corrected chi connectivity index (χ1v) is 13.8. The average molecular weight is 539 g/mol. The molecule has 0 aromatic heterocycles. The van der Waals surface area contributed by atoms with Crippen molar-refractivity contribution in [3.63, 3.8) is 0 Å². The SMILES string of the molecule is C=CCCOc1ccc(COc2ccc(-c3ccc(C4CCC(C(O)CCC)CC4)c(F)c3F)cc2)cc1F. The molecule has 4 rings (SSSR count). The molecule has 1 aliphatic rings. The number of aliphatic hydroxyl groups is 1. The molecule has 0 amide bonds. The molecule has 1 atom stereocenters. The Balaban J connectivity index is 1.36. The van der Waals surface area contributed by atoms with Crippen LogP contribution in [0.3, 0.4) is 0 Å². The van der Waals surface area contributed by atoms with Gasteiger partial charge in [-0.3, -0.25) is 0 Å². The third-order valence-corrected chi connectivity index (χ3v) is 7.60. The van der Waals surface area contributed by atoms with Gasteiger partial charge in [-0.25, -0.2) is 13.2 Å². The lowest BCUT2D eigenvalue weighted by molar-refractivity contribution is 0.0727. The summed E-state index contributed by atoms with van der Waals surface area (Å²) in [5, 5.41) is 10.3. The number of rotatable bonds is 12. The van der Waals surface area contributed by atoms with E-state index in [0.29, 0.717) is 35.5 Å². The lowest BCUT2D eigenvalue weighted by atomic mass is 9.75. The van der Waals surface area contributed by atoms with E-state index in [9.17, 15) is 9.50 Å². The van der Waals surface area contributed by atoms with Crippen molar-refractivity contribution < 1.29 is 27.8 Å². The third kappa shape index (κ3) is 7.24. The molecule has 6 heteroatoms. The van der Waals surface area contributed by atoms with E-state index < -0.39 is 17.5 Å². The van der Waals surface area contributed by atoms with Gasteiger partial charge < -0.3 is 14.6 Å². The summed E-state index contributed by atoms with van der Waals surface area (Å²) in [5.41, 5.74) is 1.81. The molecule has 39 heavy (non-hydrogen) atoms. The standard InChI is InChI=1S/C33H37F3O3/c1-3-5-19-38-31-18-7-22(20-29(31)34)21-39-26-14-12-24(13-15-26)28-17-16-27(32(35)33(28)36)23-8-10-25(11-9-23)30(37)6-4-2/h3,7,12-18,20,23,25,30,37H,1,4-6,8-11,19,21H2,2H3. The summed E-state index contributed by atoms with van der Waals surface area (Å²) in [6.45, 7) is 6.18. The minimum Gasteiger partial charge on any atom is -0.490 e. The molecule has 1 saturated carbocycles. The highest BCUT2D eigenvalue weighted by Crippen LogP contribution is 2.40. The van der Waals surface area contributed by atoms with Gasteiger partial charge in [0.05, 0.1) is 12.7 Å². The van der Waals surface area contributed by atoms with Crippen molar-refractivity contribution in [2.45, 2.75) is 70.5 Å². The highest BCUT2D eigenvalue weighted by atomic mass is 19.2.